The zero-order valence-corrected chi connectivity index (χ0v) is 28.9. The van der Waals surface area contributed by atoms with Crippen LogP contribution in [0, 0.1) is 11.6 Å². The van der Waals surface area contributed by atoms with Gasteiger partial charge in [0.1, 0.15) is 23.9 Å². The maximum absolute atomic E-state index is 14.7. The van der Waals surface area contributed by atoms with E-state index in [-0.39, 0.29) is 35.1 Å². The number of fused-ring (bicyclic) bond motifs is 2. The molecule has 5 rings (SSSR count). The first kappa shape index (κ1) is 36.1. The summed E-state index contributed by atoms with van der Waals surface area (Å²) in [4.78, 5) is 51.9. The zero-order chi connectivity index (χ0) is 36.2. The van der Waals surface area contributed by atoms with Crippen molar-refractivity contribution in [3.63, 3.8) is 0 Å². The van der Waals surface area contributed by atoms with Crippen molar-refractivity contribution in [1.82, 2.24) is 25.1 Å². The van der Waals surface area contributed by atoms with Crippen LogP contribution in [0.15, 0.2) is 54.6 Å². The number of benzene rings is 3. The number of hydrogen-bond acceptors (Lipinski definition) is 9. The lowest BCUT2D eigenvalue weighted by molar-refractivity contribution is -0.147. The van der Waals surface area contributed by atoms with Crippen molar-refractivity contribution >= 4 is 34.8 Å². The Bertz CT molecular complexity index is 1890. The second-order valence-corrected chi connectivity index (χ2v) is 13.6. The summed E-state index contributed by atoms with van der Waals surface area (Å²) >= 11 is 0. The first-order valence-corrected chi connectivity index (χ1v) is 16.4. The second kappa shape index (κ2) is 15.2. The number of nitrogen functional groups attached to an aromatic ring is 1. The van der Waals surface area contributed by atoms with Gasteiger partial charge in [-0.2, -0.15) is 0 Å². The third kappa shape index (κ3) is 8.89. The van der Waals surface area contributed by atoms with Crippen LogP contribution < -0.4 is 11.1 Å². The Morgan fingerprint density at radius 1 is 0.980 bits per heavy atom. The van der Waals surface area contributed by atoms with Crippen LogP contribution in [0.1, 0.15) is 67.2 Å². The highest BCUT2D eigenvalue weighted by Gasteiger charge is 2.28. The molecule has 0 fully saturated rings. The molecule has 1 aliphatic heterocycles. The van der Waals surface area contributed by atoms with Crippen LogP contribution in [0.25, 0.3) is 22.0 Å². The van der Waals surface area contributed by atoms with Crippen LogP contribution in [-0.2, 0) is 34.0 Å². The number of halogens is 2. The van der Waals surface area contributed by atoms with Gasteiger partial charge in [-0.25, -0.2) is 28.3 Å². The lowest BCUT2D eigenvalue weighted by Gasteiger charge is -2.23. The van der Waals surface area contributed by atoms with Crippen LogP contribution in [-0.4, -0.2) is 70.0 Å². The normalized spacial score (nSPS) is 13.3. The van der Waals surface area contributed by atoms with E-state index in [4.69, 9.17) is 15.2 Å². The minimum absolute atomic E-state index is 0.0723. The van der Waals surface area contributed by atoms with Crippen molar-refractivity contribution in [3.05, 3.63) is 88.6 Å². The van der Waals surface area contributed by atoms with Crippen molar-refractivity contribution in [2.24, 2.45) is 0 Å². The topological polar surface area (TPSA) is 140 Å². The highest BCUT2D eigenvalue weighted by Crippen LogP contribution is 2.32. The van der Waals surface area contributed by atoms with Gasteiger partial charge in [-0.1, -0.05) is 30.3 Å². The number of aromatic nitrogens is 2. The van der Waals surface area contributed by atoms with Gasteiger partial charge in [0.2, 0.25) is 5.95 Å². The van der Waals surface area contributed by atoms with Gasteiger partial charge >= 0.3 is 12.1 Å². The zero-order valence-electron chi connectivity index (χ0n) is 28.9. The van der Waals surface area contributed by atoms with E-state index >= 15 is 0 Å². The van der Waals surface area contributed by atoms with E-state index in [1.165, 1.54) is 0 Å². The van der Waals surface area contributed by atoms with E-state index in [1.807, 2.05) is 43.3 Å². The first-order valence-electron chi connectivity index (χ1n) is 16.4. The van der Waals surface area contributed by atoms with Crippen LogP contribution in [0.3, 0.4) is 0 Å². The third-order valence-corrected chi connectivity index (χ3v) is 8.19. The first-order chi connectivity index (χ1) is 23.7. The maximum atomic E-state index is 14.7. The fourth-order valence-corrected chi connectivity index (χ4v) is 5.80. The molecule has 2 heterocycles. The second-order valence-electron chi connectivity index (χ2n) is 13.6. The molecule has 0 saturated heterocycles. The molecule has 264 valence electrons. The lowest BCUT2D eigenvalue weighted by Crippen LogP contribution is -2.44. The van der Waals surface area contributed by atoms with Crippen molar-refractivity contribution in [1.29, 1.82) is 0 Å². The van der Waals surface area contributed by atoms with Crippen LogP contribution in [0.5, 0.6) is 0 Å². The molecule has 3 aromatic carbocycles. The summed E-state index contributed by atoms with van der Waals surface area (Å²) in [7, 11) is 3.88. The molecular weight excluding hydrogens is 646 g/mol. The van der Waals surface area contributed by atoms with Gasteiger partial charge in [-0.3, -0.25) is 4.79 Å². The number of amides is 2. The van der Waals surface area contributed by atoms with Crippen LogP contribution in [0.2, 0.25) is 0 Å². The van der Waals surface area contributed by atoms with E-state index < -0.39 is 41.9 Å². The Morgan fingerprint density at radius 3 is 2.32 bits per heavy atom. The maximum Gasteiger partial charge on any atom is 0.408 e. The number of carbonyl (C=O) groups is 3. The van der Waals surface area contributed by atoms with E-state index in [2.05, 4.69) is 15.3 Å². The molecule has 0 saturated carbocycles. The van der Waals surface area contributed by atoms with Gasteiger partial charge in [-0.15, -0.1) is 0 Å². The van der Waals surface area contributed by atoms with Crippen molar-refractivity contribution in [2.45, 2.75) is 71.4 Å². The summed E-state index contributed by atoms with van der Waals surface area (Å²) in [5, 5.41) is 2.96. The molecule has 4 aromatic rings. The van der Waals surface area contributed by atoms with E-state index in [9.17, 15) is 23.2 Å². The van der Waals surface area contributed by atoms with E-state index in [1.54, 1.807) is 43.9 Å². The number of nitrogens with two attached hydrogens (primary N) is 1. The molecule has 3 N–H and O–H groups in total. The minimum atomic E-state index is -1.13. The average molecular weight is 689 g/mol. The predicted octanol–water partition coefficient (Wildman–Crippen LogP) is 5.98. The lowest BCUT2D eigenvalue weighted by atomic mass is 9.97. The average Bonchev–Trinajstić information content (AvgIpc) is 3.49. The number of nitrogens with zero attached hydrogens (tertiary/aromatic N) is 4. The number of carbonyl (C=O) groups excluding carboxylic acids is 3. The Hall–Kier alpha value is -5.17. The Morgan fingerprint density at radius 2 is 1.66 bits per heavy atom. The van der Waals surface area contributed by atoms with Gasteiger partial charge < -0.3 is 30.3 Å². The van der Waals surface area contributed by atoms with E-state index in [0.29, 0.717) is 36.0 Å². The molecule has 0 spiro atoms. The number of ether oxygens (including phenoxy) is 2. The molecule has 13 heteroatoms. The fraction of sp³-hybridized carbons (Fsp3) is 0.378. The number of nitrogens with one attached hydrogen (secondary N) is 1. The summed E-state index contributed by atoms with van der Waals surface area (Å²) in [5.74, 6) is -3.43. The van der Waals surface area contributed by atoms with Gasteiger partial charge in [0.05, 0.1) is 5.52 Å². The standard InChI is InChI=1S/C37H42F2N6O5/c1-37(2,3)50-36(48)42-31(12-8-9-15-44(4)5)34(47)49-21-25-17-28(38)29(39)18-26(25)22-13-14-30-27(16-22)32(43-35(40)41-30)33(46)45-19-23-10-6-7-11-24(23)20-45/h6-7,10-11,13-14,16-18,31H,8-9,12,15,19-21H2,1-5H3,(H,42,48)(H2,40,41,43). The molecule has 1 unspecified atom stereocenters. The minimum Gasteiger partial charge on any atom is -0.459 e. The summed E-state index contributed by atoms with van der Waals surface area (Å²) in [6.45, 7) is 6.29. The Labute approximate surface area is 289 Å². The van der Waals surface area contributed by atoms with Crippen LogP contribution >= 0.6 is 0 Å². The number of alkyl carbamates (subject to hydrolysis) is 1. The number of esters is 1. The Kier molecular flexibility index (Phi) is 11.0. The van der Waals surface area contributed by atoms with Crippen LogP contribution in [0.4, 0.5) is 19.5 Å². The molecule has 1 aliphatic rings. The summed E-state index contributed by atoms with van der Waals surface area (Å²) in [6.07, 6.45) is 0.886. The van der Waals surface area contributed by atoms with Gasteiger partial charge in [0.15, 0.2) is 11.6 Å². The molecule has 11 nitrogen and oxygen atoms in total. The molecule has 1 atom stereocenters. The predicted molar refractivity (Wildman–Crippen MR) is 185 cm³/mol. The Balaban J connectivity index is 1.41. The fourth-order valence-electron chi connectivity index (χ4n) is 5.80. The molecule has 2 amide bonds. The molecular formula is C37H42F2N6O5. The number of hydrogen-bond donors (Lipinski definition) is 2. The summed E-state index contributed by atoms with van der Waals surface area (Å²) in [5.41, 5.74) is 8.53. The highest BCUT2D eigenvalue weighted by molar-refractivity contribution is 6.06. The van der Waals surface area contributed by atoms with Gasteiger partial charge in [-0.05, 0) is 107 Å². The quantitative estimate of drug-likeness (QED) is 0.144. The van der Waals surface area contributed by atoms with E-state index in [0.717, 1.165) is 36.2 Å². The molecule has 0 bridgehead atoms. The van der Waals surface area contributed by atoms with Gasteiger partial charge in [0, 0.05) is 24.0 Å². The van der Waals surface area contributed by atoms with Crippen molar-refractivity contribution < 1.29 is 32.6 Å². The molecule has 1 aromatic heterocycles. The van der Waals surface area contributed by atoms with Crippen molar-refractivity contribution in [3.8, 4) is 11.1 Å². The molecule has 0 radical (unpaired) electrons. The number of unbranched alkanes of at least 4 members (excludes halogenated alkanes) is 1. The molecule has 0 aliphatic carbocycles. The SMILES string of the molecule is CN(C)CCCCC(NC(=O)OC(C)(C)C)C(=O)OCc1cc(F)c(F)cc1-c1ccc2nc(N)nc(C(=O)N3Cc4ccccc4C3)c2c1. The summed E-state index contributed by atoms with van der Waals surface area (Å²) < 4.78 is 40.3. The third-order valence-electron chi connectivity index (χ3n) is 8.19. The highest BCUT2D eigenvalue weighted by atomic mass is 19.2. The molecule has 50 heavy (non-hydrogen) atoms. The number of anilines is 1. The number of rotatable bonds is 11. The monoisotopic (exact) mass is 688 g/mol. The van der Waals surface area contributed by atoms with Crippen molar-refractivity contribution in [2.75, 3.05) is 26.4 Å². The largest absolute Gasteiger partial charge is 0.459 e. The smallest absolute Gasteiger partial charge is 0.408 e. The summed E-state index contributed by atoms with van der Waals surface area (Å²) in [6, 6.07) is 13.5. The van der Waals surface area contributed by atoms with Gasteiger partial charge in [0.25, 0.3) is 5.91 Å².